The van der Waals surface area contributed by atoms with Gasteiger partial charge in [0, 0.05) is 16.7 Å². The molecule has 0 aliphatic heterocycles. The number of anilines is 1. The molecule has 0 aromatic heterocycles. The number of aromatic carboxylic acids is 1. The van der Waals surface area contributed by atoms with Gasteiger partial charge in [-0.2, -0.15) is 0 Å². The molecule has 0 spiro atoms. The molecule has 2 rings (SSSR count). The summed E-state index contributed by atoms with van der Waals surface area (Å²) in [5.74, 6) is -0.393. The van der Waals surface area contributed by atoms with Crippen LogP contribution in [0.1, 0.15) is 23.2 Å². The molecule has 0 heterocycles. The molecular weight excluding hydrogens is 417 g/mol. The van der Waals surface area contributed by atoms with Crippen molar-refractivity contribution in [2.45, 2.75) is 12.8 Å². The molecule has 0 bridgehead atoms. The lowest BCUT2D eigenvalue weighted by Crippen LogP contribution is -2.09. The molecule has 2 aromatic rings. The number of unbranched alkanes of at least 4 members (excludes halogenated alkanes) is 1. The van der Waals surface area contributed by atoms with Crippen molar-refractivity contribution in [2.75, 3.05) is 18.5 Å². The van der Waals surface area contributed by atoms with Crippen LogP contribution in [-0.4, -0.2) is 24.2 Å². The summed E-state index contributed by atoms with van der Waals surface area (Å²) < 4.78 is 6.34. The predicted octanol–water partition coefficient (Wildman–Crippen LogP) is 5.73. The highest BCUT2D eigenvalue weighted by Gasteiger charge is 2.10. The topological polar surface area (TPSA) is 58.6 Å². The van der Waals surface area contributed by atoms with Crippen molar-refractivity contribution in [3.05, 3.63) is 56.5 Å². The number of benzene rings is 2. The Morgan fingerprint density at radius 3 is 2.75 bits per heavy atom. The number of rotatable bonds is 8. The van der Waals surface area contributed by atoms with Crippen LogP contribution in [0.5, 0.6) is 5.75 Å². The molecule has 7 heteroatoms. The Labute approximate surface area is 158 Å². The van der Waals surface area contributed by atoms with Crippen molar-refractivity contribution in [1.82, 2.24) is 0 Å². The van der Waals surface area contributed by atoms with Crippen LogP contribution in [0, 0.1) is 0 Å². The minimum atomic E-state index is -0.960. The van der Waals surface area contributed by atoms with Gasteiger partial charge in [-0.25, -0.2) is 4.79 Å². The Hall–Kier alpha value is -1.43. The van der Waals surface area contributed by atoms with Crippen molar-refractivity contribution in [3.8, 4) is 5.75 Å². The smallest absolute Gasteiger partial charge is 0.337 e. The average molecular weight is 433 g/mol. The van der Waals surface area contributed by atoms with Gasteiger partial charge in [-0.05, 0) is 43.2 Å². The second-order valence-electron chi connectivity index (χ2n) is 5.03. The van der Waals surface area contributed by atoms with Crippen molar-refractivity contribution in [2.24, 2.45) is 0 Å². The largest absolute Gasteiger partial charge is 0.492 e. The van der Waals surface area contributed by atoms with Crippen molar-refractivity contribution < 1.29 is 14.6 Å². The Morgan fingerprint density at radius 1 is 1.21 bits per heavy atom. The zero-order chi connectivity index (χ0) is 17.5. The van der Waals surface area contributed by atoms with Crippen LogP contribution in [0.2, 0.25) is 10.0 Å². The van der Waals surface area contributed by atoms with Crippen molar-refractivity contribution in [3.63, 3.8) is 0 Å². The summed E-state index contributed by atoms with van der Waals surface area (Å²) in [6.07, 6.45) is 1.63. The van der Waals surface area contributed by atoms with Gasteiger partial charge in [-0.1, -0.05) is 45.2 Å². The maximum absolute atomic E-state index is 11.2. The number of carboxylic acid groups (broad SMARTS) is 1. The van der Waals surface area contributed by atoms with Gasteiger partial charge in [0.2, 0.25) is 0 Å². The van der Waals surface area contributed by atoms with Gasteiger partial charge in [0.05, 0.1) is 17.2 Å². The summed E-state index contributed by atoms with van der Waals surface area (Å²) in [6.45, 7) is 1.16. The molecule has 24 heavy (non-hydrogen) atoms. The molecule has 4 nitrogen and oxygen atoms in total. The van der Waals surface area contributed by atoms with E-state index in [1.54, 1.807) is 36.4 Å². The van der Waals surface area contributed by atoms with Gasteiger partial charge in [0.1, 0.15) is 10.8 Å². The summed E-state index contributed by atoms with van der Waals surface area (Å²) in [4.78, 5) is 11.2. The molecule has 128 valence electrons. The first kappa shape index (κ1) is 18.9. The molecule has 0 fully saturated rings. The summed E-state index contributed by atoms with van der Waals surface area (Å²) in [5.41, 5.74) is 0.843. The lowest BCUT2D eigenvalue weighted by molar-refractivity contribution is 0.0698. The van der Waals surface area contributed by atoms with Gasteiger partial charge in [0.25, 0.3) is 0 Å². The Balaban J connectivity index is 1.76. The van der Waals surface area contributed by atoms with E-state index in [9.17, 15) is 9.90 Å². The Kier molecular flexibility index (Phi) is 7.21. The number of hydrogen-bond acceptors (Lipinski definition) is 3. The number of hydrogen-bond donors (Lipinski definition) is 2. The van der Waals surface area contributed by atoms with Crippen LogP contribution in [0.15, 0.2) is 40.9 Å². The summed E-state index contributed by atoms with van der Waals surface area (Å²) in [7, 11) is 0. The van der Waals surface area contributed by atoms with Crippen LogP contribution in [0.4, 0.5) is 5.69 Å². The Bertz CT molecular complexity index is 725. The highest BCUT2D eigenvalue weighted by molar-refractivity contribution is 9.10. The molecule has 0 amide bonds. The predicted molar refractivity (Wildman–Crippen MR) is 101 cm³/mol. The number of halogens is 3. The fourth-order valence-corrected chi connectivity index (χ4v) is 2.78. The maximum Gasteiger partial charge on any atom is 0.337 e. The first-order chi connectivity index (χ1) is 11.5. The minimum absolute atomic E-state index is 0.242. The minimum Gasteiger partial charge on any atom is -0.492 e. The van der Waals surface area contributed by atoms with E-state index in [4.69, 9.17) is 27.9 Å². The molecule has 2 N–H and O–H groups in total. The SMILES string of the molecule is O=C(O)c1cc(Br)ccc1NCCCCOc1cccc(Cl)c1Cl. The van der Waals surface area contributed by atoms with E-state index in [1.807, 2.05) is 0 Å². The normalized spacial score (nSPS) is 10.5. The molecule has 0 aliphatic rings. The van der Waals surface area contributed by atoms with Crippen LogP contribution >= 0.6 is 39.1 Å². The van der Waals surface area contributed by atoms with Gasteiger partial charge in [-0.3, -0.25) is 0 Å². The van der Waals surface area contributed by atoms with E-state index >= 15 is 0 Å². The van der Waals surface area contributed by atoms with Gasteiger partial charge < -0.3 is 15.2 Å². The maximum atomic E-state index is 11.2. The van der Waals surface area contributed by atoms with E-state index in [1.165, 1.54) is 0 Å². The first-order valence-corrected chi connectivity index (χ1v) is 8.87. The van der Waals surface area contributed by atoms with Gasteiger partial charge in [-0.15, -0.1) is 0 Å². The molecule has 0 saturated heterocycles. The third kappa shape index (κ3) is 5.30. The highest BCUT2D eigenvalue weighted by atomic mass is 79.9. The highest BCUT2D eigenvalue weighted by Crippen LogP contribution is 2.31. The van der Waals surface area contributed by atoms with Gasteiger partial charge >= 0.3 is 5.97 Å². The monoisotopic (exact) mass is 431 g/mol. The molecule has 0 radical (unpaired) electrons. The van der Waals surface area contributed by atoms with Crippen LogP contribution in [0.25, 0.3) is 0 Å². The van der Waals surface area contributed by atoms with E-state index in [0.29, 0.717) is 34.6 Å². The average Bonchev–Trinajstić information content (AvgIpc) is 2.55. The molecule has 0 aliphatic carbocycles. The number of ether oxygens (including phenoxy) is 1. The Morgan fingerprint density at radius 2 is 2.00 bits per heavy atom. The number of carboxylic acids is 1. The third-order valence-electron chi connectivity index (χ3n) is 3.27. The summed E-state index contributed by atoms with van der Waals surface area (Å²) >= 11 is 15.2. The molecule has 0 atom stereocenters. The third-order valence-corrected chi connectivity index (χ3v) is 4.57. The standard InChI is InChI=1S/C17H16BrCl2NO3/c18-11-6-7-14(12(10-11)17(22)23)21-8-1-2-9-24-15-5-3-4-13(19)16(15)20/h3-7,10,21H,1-2,8-9H2,(H,22,23). The molecule has 0 saturated carbocycles. The zero-order valence-corrected chi connectivity index (χ0v) is 15.8. The first-order valence-electron chi connectivity index (χ1n) is 7.32. The second kappa shape index (κ2) is 9.16. The zero-order valence-electron chi connectivity index (χ0n) is 12.7. The quantitative estimate of drug-likeness (QED) is 0.523. The van der Waals surface area contributed by atoms with Crippen LogP contribution < -0.4 is 10.1 Å². The lowest BCUT2D eigenvalue weighted by Gasteiger charge is -2.11. The van der Waals surface area contributed by atoms with Crippen LogP contribution in [0.3, 0.4) is 0 Å². The van der Waals surface area contributed by atoms with E-state index in [2.05, 4.69) is 21.2 Å². The number of carbonyl (C=O) groups is 1. The summed E-state index contributed by atoms with van der Waals surface area (Å²) in [6, 6.07) is 10.4. The van der Waals surface area contributed by atoms with Crippen molar-refractivity contribution in [1.29, 1.82) is 0 Å². The van der Waals surface area contributed by atoms with E-state index in [-0.39, 0.29) is 5.56 Å². The van der Waals surface area contributed by atoms with E-state index < -0.39 is 5.97 Å². The second-order valence-corrected chi connectivity index (χ2v) is 6.73. The van der Waals surface area contributed by atoms with Crippen molar-refractivity contribution >= 4 is 50.8 Å². The lowest BCUT2D eigenvalue weighted by atomic mass is 10.1. The van der Waals surface area contributed by atoms with Crippen LogP contribution in [-0.2, 0) is 0 Å². The van der Waals surface area contributed by atoms with E-state index in [0.717, 1.165) is 17.3 Å². The molecular formula is C17H16BrCl2NO3. The number of nitrogens with one attached hydrogen (secondary N) is 1. The van der Waals surface area contributed by atoms with Gasteiger partial charge in [0.15, 0.2) is 0 Å². The molecule has 0 unspecified atom stereocenters. The fraction of sp³-hybridized carbons (Fsp3) is 0.235. The summed E-state index contributed by atoms with van der Waals surface area (Å²) in [5, 5.41) is 13.2. The molecule has 2 aromatic carbocycles. The fourth-order valence-electron chi connectivity index (χ4n) is 2.08.